The van der Waals surface area contributed by atoms with Crippen molar-refractivity contribution in [2.45, 2.75) is 26.8 Å². The molecule has 0 fully saturated rings. The number of aryl methyl sites for hydroxylation is 2. The van der Waals surface area contributed by atoms with Crippen molar-refractivity contribution in [2.75, 3.05) is 17.6 Å². The summed E-state index contributed by atoms with van der Waals surface area (Å²) in [6, 6.07) is 12.6. The van der Waals surface area contributed by atoms with E-state index >= 15 is 0 Å². The minimum Gasteiger partial charge on any atom is -0.382 e. The van der Waals surface area contributed by atoms with Gasteiger partial charge in [0.2, 0.25) is 5.95 Å². The second-order valence-corrected chi connectivity index (χ2v) is 7.50. The largest absolute Gasteiger partial charge is 0.382 e. The maximum Gasteiger partial charge on any atom is 0.229 e. The molecule has 0 saturated carbocycles. The van der Waals surface area contributed by atoms with Crippen LogP contribution < -0.4 is 16.4 Å². The van der Waals surface area contributed by atoms with Crippen LogP contribution >= 0.6 is 0 Å². The summed E-state index contributed by atoms with van der Waals surface area (Å²) in [4.78, 5) is 9.20. The Labute approximate surface area is 169 Å². The highest BCUT2D eigenvalue weighted by molar-refractivity contribution is 5.88. The van der Waals surface area contributed by atoms with Crippen molar-refractivity contribution in [3.8, 4) is 5.69 Å². The van der Waals surface area contributed by atoms with Gasteiger partial charge in [-0.05, 0) is 61.2 Å². The summed E-state index contributed by atoms with van der Waals surface area (Å²) in [5.41, 5.74) is 13.8. The van der Waals surface area contributed by atoms with E-state index in [0.29, 0.717) is 17.4 Å². The lowest BCUT2D eigenvalue weighted by atomic mass is 10.0. The zero-order chi connectivity index (χ0) is 20.0. The van der Waals surface area contributed by atoms with E-state index in [2.05, 4.69) is 64.9 Å². The second kappa shape index (κ2) is 6.86. The van der Waals surface area contributed by atoms with Crippen LogP contribution in [0.5, 0.6) is 0 Å². The Morgan fingerprint density at radius 3 is 2.76 bits per heavy atom. The van der Waals surface area contributed by atoms with E-state index in [4.69, 9.17) is 10.7 Å². The van der Waals surface area contributed by atoms with Gasteiger partial charge in [0.25, 0.3) is 0 Å². The van der Waals surface area contributed by atoms with Crippen molar-refractivity contribution in [2.24, 2.45) is 0 Å². The van der Waals surface area contributed by atoms with Gasteiger partial charge in [-0.3, -0.25) is 0 Å². The van der Waals surface area contributed by atoms with Crippen LogP contribution in [0.1, 0.15) is 22.3 Å². The predicted octanol–water partition coefficient (Wildman–Crippen LogP) is 3.40. The van der Waals surface area contributed by atoms with Crippen LogP contribution in [0.4, 0.5) is 17.5 Å². The molecule has 0 spiro atoms. The predicted molar refractivity (Wildman–Crippen MR) is 116 cm³/mol. The summed E-state index contributed by atoms with van der Waals surface area (Å²) < 4.78 is 1.82. The van der Waals surface area contributed by atoms with Crippen LogP contribution in [0, 0.1) is 13.8 Å². The van der Waals surface area contributed by atoms with E-state index < -0.39 is 0 Å². The standard InChI is InChI=1S/C22H23N7/c1-13-4-3-5-14(2)19(13)29-21-18(20(23)28-29)12-25-22(27-21)26-17-7-6-15-8-9-24-11-16(15)10-17/h3-7,10,12,24H,8-9,11H2,1-2H3,(H2,23,28)(H,25,26,27). The molecule has 0 unspecified atom stereocenters. The molecule has 1 aliphatic rings. The highest BCUT2D eigenvalue weighted by Crippen LogP contribution is 2.27. The maximum absolute atomic E-state index is 6.15. The number of fused-ring (bicyclic) bond motifs is 2. The molecule has 4 aromatic rings. The zero-order valence-electron chi connectivity index (χ0n) is 16.5. The molecule has 7 heteroatoms. The van der Waals surface area contributed by atoms with Gasteiger partial charge in [0.15, 0.2) is 11.5 Å². The molecule has 146 valence electrons. The molecule has 0 aliphatic carbocycles. The van der Waals surface area contributed by atoms with Gasteiger partial charge >= 0.3 is 0 Å². The summed E-state index contributed by atoms with van der Waals surface area (Å²) >= 11 is 0. The lowest BCUT2D eigenvalue weighted by Gasteiger charge is -2.18. The van der Waals surface area contributed by atoms with E-state index in [1.54, 1.807) is 6.20 Å². The molecular weight excluding hydrogens is 362 g/mol. The fourth-order valence-corrected chi connectivity index (χ4v) is 3.97. The molecule has 1 aliphatic heterocycles. The number of rotatable bonds is 3. The average molecular weight is 385 g/mol. The number of nitrogens with zero attached hydrogens (tertiary/aromatic N) is 4. The van der Waals surface area contributed by atoms with Gasteiger partial charge in [0.1, 0.15) is 0 Å². The molecule has 0 atom stereocenters. The number of benzene rings is 2. The van der Waals surface area contributed by atoms with Crippen molar-refractivity contribution in [1.82, 2.24) is 25.1 Å². The summed E-state index contributed by atoms with van der Waals surface area (Å²) in [6.45, 7) is 6.05. The van der Waals surface area contributed by atoms with Crippen molar-refractivity contribution in [3.05, 3.63) is 64.8 Å². The Hall–Kier alpha value is -3.45. The molecule has 29 heavy (non-hydrogen) atoms. The minimum atomic E-state index is 0.425. The van der Waals surface area contributed by atoms with Gasteiger partial charge in [-0.2, -0.15) is 4.98 Å². The van der Waals surface area contributed by atoms with E-state index in [-0.39, 0.29) is 0 Å². The Kier molecular flexibility index (Phi) is 4.17. The molecule has 0 saturated heterocycles. The second-order valence-electron chi connectivity index (χ2n) is 7.50. The molecule has 4 N–H and O–H groups in total. The van der Waals surface area contributed by atoms with Crippen LogP contribution in [0.3, 0.4) is 0 Å². The number of nitrogens with two attached hydrogens (primary N) is 1. The van der Waals surface area contributed by atoms with E-state index in [1.807, 2.05) is 10.7 Å². The Balaban J connectivity index is 1.57. The molecule has 2 aromatic heterocycles. The molecule has 0 amide bonds. The first-order valence-corrected chi connectivity index (χ1v) is 9.77. The van der Waals surface area contributed by atoms with Gasteiger partial charge in [0.05, 0.1) is 11.1 Å². The quantitative estimate of drug-likeness (QED) is 0.500. The highest BCUT2D eigenvalue weighted by Gasteiger charge is 2.16. The molecule has 5 rings (SSSR count). The molecule has 7 nitrogen and oxygen atoms in total. The lowest BCUT2D eigenvalue weighted by molar-refractivity contribution is 0.644. The number of nitrogens with one attached hydrogen (secondary N) is 2. The van der Waals surface area contributed by atoms with Gasteiger partial charge in [-0.1, -0.05) is 24.3 Å². The van der Waals surface area contributed by atoms with Crippen LogP contribution in [0.15, 0.2) is 42.6 Å². The van der Waals surface area contributed by atoms with Crippen molar-refractivity contribution in [1.29, 1.82) is 0 Å². The zero-order valence-corrected chi connectivity index (χ0v) is 16.5. The lowest BCUT2D eigenvalue weighted by Crippen LogP contribution is -2.23. The topological polar surface area (TPSA) is 93.7 Å². The van der Waals surface area contributed by atoms with Gasteiger partial charge in [0, 0.05) is 18.4 Å². The SMILES string of the molecule is Cc1cccc(C)c1-n1nc(N)c2cnc(Nc3ccc4c(c3)CNCC4)nc21. The number of aromatic nitrogens is 4. The highest BCUT2D eigenvalue weighted by atomic mass is 15.3. The van der Waals surface area contributed by atoms with E-state index in [1.165, 1.54) is 11.1 Å². The third-order valence-corrected chi connectivity index (χ3v) is 5.45. The van der Waals surface area contributed by atoms with Crippen LogP contribution in [0.2, 0.25) is 0 Å². The fourth-order valence-electron chi connectivity index (χ4n) is 3.97. The van der Waals surface area contributed by atoms with Gasteiger partial charge in [-0.25, -0.2) is 9.67 Å². The molecule has 0 radical (unpaired) electrons. The first-order chi connectivity index (χ1) is 14.1. The number of nitrogen functional groups attached to an aromatic ring is 1. The molecule has 2 aromatic carbocycles. The minimum absolute atomic E-state index is 0.425. The molecular formula is C22H23N7. The summed E-state index contributed by atoms with van der Waals surface area (Å²) in [7, 11) is 0. The number of hydrogen-bond acceptors (Lipinski definition) is 6. The molecule has 0 bridgehead atoms. The van der Waals surface area contributed by atoms with Gasteiger partial charge in [-0.15, -0.1) is 5.10 Å². The van der Waals surface area contributed by atoms with E-state index in [0.717, 1.165) is 47.4 Å². The third-order valence-electron chi connectivity index (χ3n) is 5.45. The third kappa shape index (κ3) is 3.09. The first-order valence-electron chi connectivity index (χ1n) is 9.77. The van der Waals surface area contributed by atoms with Crippen molar-refractivity contribution < 1.29 is 0 Å². The fraction of sp³-hybridized carbons (Fsp3) is 0.227. The van der Waals surface area contributed by atoms with Gasteiger partial charge < -0.3 is 16.4 Å². The van der Waals surface area contributed by atoms with Crippen LogP contribution in [0.25, 0.3) is 16.7 Å². The van der Waals surface area contributed by atoms with Crippen LogP contribution in [-0.4, -0.2) is 26.3 Å². The molecule has 3 heterocycles. The maximum atomic E-state index is 6.15. The Morgan fingerprint density at radius 2 is 1.93 bits per heavy atom. The number of hydrogen-bond donors (Lipinski definition) is 3. The summed E-state index contributed by atoms with van der Waals surface area (Å²) in [5, 5.41) is 12.0. The summed E-state index contributed by atoms with van der Waals surface area (Å²) in [6.07, 6.45) is 2.80. The monoisotopic (exact) mass is 385 g/mol. The van der Waals surface area contributed by atoms with Crippen molar-refractivity contribution >= 4 is 28.5 Å². The average Bonchev–Trinajstić information content (AvgIpc) is 3.03. The van der Waals surface area contributed by atoms with Crippen molar-refractivity contribution in [3.63, 3.8) is 0 Å². The smallest absolute Gasteiger partial charge is 0.229 e. The number of anilines is 3. The van der Waals surface area contributed by atoms with Crippen LogP contribution in [-0.2, 0) is 13.0 Å². The Morgan fingerprint density at radius 1 is 1.10 bits per heavy atom. The van der Waals surface area contributed by atoms with E-state index in [9.17, 15) is 0 Å². The normalized spacial score (nSPS) is 13.4. The first kappa shape index (κ1) is 17.6. The Bertz CT molecular complexity index is 1210. The summed E-state index contributed by atoms with van der Waals surface area (Å²) in [5.74, 6) is 0.947. The number of para-hydroxylation sites is 1.